The lowest BCUT2D eigenvalue weighted by molar-refractivity contribution is -0.141. The Bertz CT molecular complexity index is 1030. The topological polar surface area (TPSA) is 89.6 Å². The van der Waals surface area contributed by atoms with E-state index >= 15 is 0 Å². The summed E-state index contributed by atoms with van der Waals surface area (Å²) >= 11 is 0. The lowest BCUT2D eigenvalue weighted by Gasteiger charge is -2.19. The number of hydrogen-bond acceptors (Lipinski definition) is 6. The van der Waals surface area contributed by atoms with Gasteiger partial charge in [-0.2, -0.15) is 4.98 Å². The zero-order valence-corrected chi connectivity index (χ0v) is 15.1. The van der Waals surface area contributed by atoms with E-state index in [2.05, 4.69) is 20.6 Å². The molecule has 0 spiro atoms. The van der Waals surface area contributed by atoms with Crippen LogP contribution in [0.3, 0.4) is 0 Å². The maximum atomic E-state index is 13.9. The Morgan fingerprint density at radius 2 is 1.93 bits per heavy atom. The quantitative estimate of drug-likeness (QED) is 0.735. The van der Waals surface area contributed by atoms with Crippen LogP contribution in [-0.4, -0.2) is 27.4 Å². The third kappa shape index (κ3) is 3.48. The van der Waals surface area contributed by atoms with Crippen molar-refractivity contribution >= 4 is 11.6 Å². The van der Waals surface area contributed by atoms with Gasteiger partial charge < -0.3 is 14.7 Å². The number of nitrogens with zero attached hydrogens (tertiary/aromatic N) is 3. The molecule has 1 unspecified atom stereocenters. The largest absolute Gasteiger partial charge is 0.379 e. The van der Waals surface area contributed by atoms with Gasteiger partial charge in [-0.25, -0.2) is 4.39 Å². The van der Waals surface area contributed by atoms with E-state index in [4.69, 9.17) is 9.36 Å². The standard InChI is InChI=1S/C20H17FN4O3/c1-20(11-16(24-28-20)14-9-5-6-10-15(14)21)19(26)22-12-17-23-18(27-25-17)13-7-3-2-4-8-13/h2-10H,11-12H2,1H3,(H,22,26). The van der Waals surface area contributed by atoms with Crippen LogP contribution in [0.25, 0.3) is 11.5 Å². The van der Waals surface area contributed by atoms with E-state index in [9.17, 15) is 9.18 Å². The minimum Gasteiger partial charge on any atom is -0.379 e. The summed E-state index contributed by atoms with van der Waals surface area (Å²) in [7, 11) is 0. The first kappa shape index (κ1) is 17.8. The number of halogens is 1. The van der Waals surface area contributed by atoms with E-state index in [1.807, 2.05) is 30.3 Å². The number of hydrogen-bond donors (Lipinski definition) is 1. The van der Waals surface area contributed by atoms with Crippen molar-refractivity contribution in [1.29, 1.82) is 0 Å². The molecule has 0 saturated heterocycles. The lowest BCUT2D eigenvalue weighted by atomic mass is 9.95. The second-order valence-electron chi connectivity index (χ2n) is 6.58. The third-order valence-electron chi connectivity index (χ3n) is 4.42. The molecule has 0 aliphatic carbocycles. The Morgan fingerprint density at radius 1 is 1.18 bits per heavy atom. The van der Waals surface area contributed by atoms with Crippen LogP contribution in [0.2, 0.25) is 0 Å². The highest BCUT2D eigenvalue weighted by Gasteiger charge is 2.42. The molecule has 1 aromatic heterocycles. The molecule has 7 nitrogen and oxygen atoms in total. The Hall–Kier alpha value is -3.55. The summed E-state index contributed by atoms with van der Waals surface area (Å²) in [6, 6.07) is 15.6. The normalized spacial score (nSPS) is 18.4. The first-order valence-electron chi connectivity index (χ1n) is 8.71. The molecule has 142 valence electrons. The number of carbonyl (C=O) groups is 1. The lowest BCUT2D eigenvalue weighted by Crippen LogP contribution is -2.44. The number of amides is 1. The Labute approximate surface area is 160 Å². The summed E-state index contributed by atoms with van der Waals surface area (Å²) in [6.45, 7) is 1.68. The van der Waals surface area contributed by atoms with Gasteiger partial charge in [0.2, 0.25) is 5.60 Å². The molecule has 1 aliphatic rings. The molecule has 3 aromatic rings. The SMILES string of the molecule is CC1(C(=O)NCc2noc(-c3ccccc3)n2)CC(c2ccccc2F)=NO1. The molecule has 1 amide bonds. The van der Waals surface area contributed by atoms with Crippen molar-refractivity contribution < 1.29 is 18.5 Å². The molecule has 0 fully saturated rings. The van der Waals surface area contributed by atoms with Crippen LogP contribution in [0.1, 0.15) is 24.7 Å². The van der Waals surface area contributed by atoms with Crippen molar-refractivity contribution in [2.45, 2.75) is 25.5 Å². The van der Waals surface area contributed by atoms with E-state index in [-0.39, 0.29) is 13.0 Å². The van der Waals surface area contributed by atoms with Crippen molar-refractivity contribution in [1.82, 2.24) is 15.5 Å². The zero-order valence-electron chi connectivity index (χ0n) is 15.1. The molecule has 0 saturated carbocycles. The predicted molar refractivity (Wildman–Crippen MR) is 98.6 cm³/mol. The average molecular weight is 380 g/mol. The van der Waals surface area contributed by atoms with Crippen LogP contribution in [0, 0.1) is 5.82 Å². The van der Waals surface area contributed by atoms with Gasteiger partial charge in [0.1, 0.15) is 5.82 Å². The van der Waals surface area contributed by atoms with E-state index in [0.717, 1.165) is 5.56 Å². The van der Waals surface area contributed by atoms with Crippen LogP contribution in [-0.2, 0) is 16.2 Å². The summed E-state index contributed by atoms with van der Waals surface area (Å²) < 4.78 is 19.2. The van der Waals surface area contributed by atoms with Gasteiger partial charge in [0.15, 0.2) is 5.82 Å². The molecule has 0 bridgehead atoms. The Balaban J connectivity index is 1.38. The first-order chi connectivity index (χ1) is 13.5. The summed E-state index contributed by atoms with van der Waals surface area (Å²) in [5, 5.41) is 10.5. The number of nitrogens with one attached hydrogen (secondary N) is 1. The number of aromatic nitrogens is 2. The first-order valence-corrected chi connectivity index (χ1v) is 8.71. The molecule has 4 rings (SSSR count). The fraction of sp³-hybridized carbons (Fsp3) is 0.200. The van der Waals surface area contributed by atoms with Crippen molar-refractivity contribution in [3.8, 4) is 11.5 Å². The molecule has 8 heteroatoms. The predicted octanol–water partition coefficient (Wildman–Crippen LogP) is 3.08. The second kappa shape index (κ2) is 7.22. The van der Waals surface area contributed by atoms with E-state index < -0.39 is 17.3 Å². The molecular formula is C20H17FN4O3. The molecule has 1 atom stereocenters. The van der Waals surface area contributed by atoms with Gasteiger partial charge in [-0.3, -0.25) is 4.79 Å². The molecule has 2 heterocycles. The van der Waals surface area contributed by atoms with Gasteiger partial charge in [0.25, 0.3) is 11.8 Å². The van der Waals surface area contributed by atoms with Crippen molar-refractivity contribution in [3.63, 3.8) is 0 Å². The summed E-state index contributed by atoms with van der Waals surface area (Å²) in [5.41, 5.74) is 0.275. The molecular weight excluding hydrogens is 363 g/mol. The average Bonchev–Trinajstić information content (AvgIpc) is 3.35. The summed E-state index contributed by atoms with van der Waals surface area (Å²) in [4.78, 5) is 22.2. The van der Waals surface area contributed by atoms with Gasteiger partial charge in [-0.05, 0) is 25.1 Å². The molecule has 28 heavy (non-hydrogen) atoms. The van der Waals surface area contributed by atoms with Gasteiger partial charge in [-0.15, -0.1) is 0 Å². The van der Waals surface area contributed by atoms with E-state index in [0.29, 0.717) is 23.0 Å². The van der Waals surface area contributed by atoms with Crippen LogP contribution in [0.5, 0.6) is 0 Å². The van der Waals surface area contributed by atoms with E-state index in [1.165, 1.54) is 6.07 Å². The summed E-state index contributed by atoms with van der Waals surface area (Å²) in [6.07, 6.45) is 0.154. The molecule has 2 aromatic carbocycles. The van der Waals surface area contributed by atoms with Gasteiger partial charge >= 0.3 is 0 Å². The fourth-order valence-corrected chi connectivity index (χ4v) is 2.87. The Kier molecular flexibility index (Phi) is 4.60. The van der Waals surface area contributed by atoms with Crippen LogP contribution < -0.4 is 5.32 Å². The Morgan fingerprint density at radius 3 is 2.71 bits per heavy atom. The van der Waals surface area contributed by atoms with Crippen LogP contribution in [0.4, 0.5) is 4.39 Å². The molecule has 1 aliphatic heterocycles. The van der Waals surface area contributed by atoms with Gasteiger partial charge in [0, 0.05) is 17.5 Å². The van der Waals surface area contributed by atoms with Crippen LogP contribution >= 0.6 is 0 Å². The molecule has 0 radical (unpaired) electrons. The van der Waals surface area contributed by atoms with Gasteiger partial charge in [0.05, 0.1) is 12.3 Å². The number of oxime groups is 1. The number of rotatable bonds is 5. The minimum absolute atomic E-state index is 0.0726. The van der Waals surface area contributed by atoms with Crippen LogP contribution in [0.15, 0.2) is 64.3 Å². The highest BCUT2D eigenvalue weighted by molar-refractivity contribution is 6.05. The smallest absolute Gasteiger partial charge is 0.267 e. The maximum Gasteiger partial charge on any atom is 0.267 e. The zero-order chi connectivity index (χ0) is 19.6. The van der Waals surface area contributed by atoms with Gasteiger partial charge in [-0.1, -0.05) is 46.7 Å². The fourth-order valence-electron chi connectivity index (χ4n) is 2.87. The van der Waals surface area contributed by atoms with Crippen molar-refractivity contribution in [2.24, 2.45) is 5.16 Å². The minimum atomic E-state index is -1.23. The van der Waals surface area contributed by atoms with Crippen molar-refractivity contribution in [3.05, 3.63) is 71.8 Å². The number of carbonyl (C=O) groups excluding carboxylic acids is 1. The highest BCUT2D eigenvalue weighted by atomic mass is 19.1. The number of benzene rings is 2. The highest BCUT2D eigenvalue weighted by Crippen LogP contribution is 2.28. The summed E-state index contributed by atoms with van der Waals surface area (Å²) in [5.74, 6) is -0.0919. The van der Waals surface area contributed by atoms with Crippen molar-refractivity contribution in [2.75, 3.05) is 0 Å². The third-order valence-corrected chi connectivity index (χ3v) is 4.42. The van der Waals surface area contributed by atoms with E-state index in [1.54, 1.807) is 25.1 Å². The monoisotopic (exact) mass is 380 g/mol. The second-order valence-corrected chi connectivity index (χ2v) is 6.58. The molecule has 1 N–H and O–H groups in total. The maximum absolute atomic E-state index is 13.9.